The number of amides is 1. The number of hydrogen-bond acceptors (Lipinski definition) is 3. The van der Waals surface area contributed by atoms with Crippen LogP contribution in [0.2, 0.25) is 0 Å². The maximum atomic E-state index is 13.3. The number of aryl methyl sites for hydroxylation is 3. The molecule has 166 valence electrons. The number of aromatic nitrogens is 2. The zero-order valence-corrected chi connectivity index (χ0v) is 18.9. The SMILES string of the molecule is Cc1cc(OCc2ccccc2)cc(C)c1C[C@@H]1CCN(C2CCc3n[nH]cc3C2)C1=O. The lowest BCUT2D eigenvalue weighted by atomic mass is 9.90. The van der Waals surface area contributed by atoms with Gasteiger partial charge in [0.25, 0.3) is 0 Å². The van der Waals surface area contributed by atoms with Gasteiger partial charge in [-0.05, 0) is 85.9 Å². The second-order valence-electron chi connectivity index (χ2n) is 9.29. The summed E-state index contributed by atoms with van der Waals surface area (Å²) in [5.41, 5.74) is 7.31. The van der Waals surface area contributed by atoms with Crippen LogP contribution in [0.15, 0.2) is 48.7 Å². The van der Waals surface area contributed by atoms with Crippen molar-refractivity contribution < 1.29 is 9.53 Å². The lowest BCUT2D eigenvalue weighted by Crippen LogP contribution is -2.41. The molecule has 1 fully saturated rings. The monoisotopic (exact) mass is 429 g/mol. The van der Waals surface area contributed by atoms with E-state index in [9.17, 15) is 4.79 Å². The first-order chi connectivity index (χ1) is 15.6. The number of aromatic amines is 1. The van der Waals surface area contributed by atoms with Crippen LogP contribution in [0.4, 0.5) is 0 Å². The van der Waals surface area contributed by atoms with Gasteiger partial charge in [0.1, 0.15) is 12.4 Å². The van der Waals surface area contributed by atoms with E-state index in [2.05, 4.69) is 53.2 Å². The van der Waals surface area contributed by atoms with Gasteiger partial charge < -0.3 is 9.64 Å². The Balaban J connectivity index is 1.23. The minimum absolute atomic E-state index is 0.0780. The summed E-state index contributed by atoms with van der Waals surface area (Å²) in [6, 6.07) is 14.8. The molecule has 1 amide bonds. The van der Waals surface area contributed by atoms with Crippen LogP contribution in [0.25, 0.3) is 0 Å². The van der Waals surface area contributed by atoms with E-state index in [1.807, 2.05) is 24.4 Å². The van der Waals surface area contributed by atoms with Crippen molar-refractivity contribution in [3.05, 3.63) is 82.2 Å². The summed E-state index contributed by atoms with van der Waals surface area (Å²) in [4.78, 5) is 15.4. The summed E-state index contributed by atoms with van der Waals surface area (Å²) < 4.78 is 6.04. The molecular formula is C27H31N3O2. The minimum atomic E-state index is 0.0780. The van der Waals surface area contributed by atoms with E-state index >= 15 is 0 Å². The Labute approximate surface area is 189 Å². The number of benzene rings is 2. The van der Waals surface area contributed by atoms with Gasteiger partial charge in [0.15, 0.2) is 0 Å². The van der Waals surface area contributed by atoms with Gasteiger partial charge in [-0.1, -0.05) is 30.3 Å². The van der Waals surface area contributed by atoms with Crippen molar-refractivity contribution in [1.29, 1.82) is 0 Å². The number of nitrogens with one attached hydrogen (secondary N) is 1. The first-order valence-corrected chi connectivity index (χ1v) is 11.7. The normalized spacial score (nSPS) is 20.4. The number of H-pyrrole nitrogens is 1. The first kappa shape index (κ1) is 20.8. The number of carbonyl (C=O) groups excluding carboxylic acids is 1. The second-order valence-corrected chi connectivity index (χ2v) is 9.29. The van der Waals surface area contributed by atoms with Gasteiger partial charge in [0.2, 0.25) is 5.91 Å². The van der Waals surface area contributed by atoms with Gasteiger partial charge in [-0.15, -0.1) is 0 Å². The molecule has 5 nitrogen and oxygen atoms in total. The minimum Gasteiger partial charge on any atom is -0.489 e. The second kappa shape index (κ2) is 8.81. The van der Waals surface area contributed by atoms with Gasteiger partial charge in [-0.3, -0.25) is 9.89 Å². The Kier molecular flexibility index (Phi) is 5.73. The van der Waals surface area contributed by atoms with Crippen molar-refractivity contribution in [3.63, 3.8) is 0 Å². The number of carbonyl (C=O) groups is 1. The molecule has 1 aromatic heterocycles. The number of fused-ring (bicyclic) bond motifs is 1. The molecule has 0 bridgehead atoms. The van der Waals surface area contributed by atoms with E-state index in [-0.39, 0.29) is 5.92 Å². The third-order valence-electron chi connectivity index (χ3n) is 7.14. The van der Waals surface area contributed by atoms with Gasteiger partial charge in [0, 0.05) is 24.7 Å². The Bertz CT molecular complexity index is 1080. The molecule has 2 aromatic carbocycles. The van der Waals surface area contributed by atoms with Gasteiger partial charge in [-0.2, -0.15) is 5.10 Å². The third-order valence-corrected chi connectivity index (χ3v) is 7.14. The molecule has 0 radical (unpaired) electrons. The summed E-state index contributed by atoms with van der Waals surface area (Å²) >= 11 is 0. The zero-order valence-electron chi connectivity index (χ0n) is 18.9. The average Bonchev–Trinajstić information content (AvgIpc) is 3.41. The third kappa shape index (κ3) is 4.16. The maximum Gasteiger partial charge on any atom is 0.226 e. The van der Waals surface area contributed by atoms with Crippen molar-refractivity contribution in [2.45, 2.75) is 58.6 Å². The molecule has 1 saturated heterocycles. The van der Waals surface area contributed by atoms with Crippen LogP contribution in [0.3, 0.4) is 0 Å². The fourth-order valence-electron chi connectivity index (χ4n) is 5.32. The van der Waals surface area contributed by atoms with Gasteiger partial charge in [0.05, 0.1) is 5.69 Å². The summed E-state index contributed by atoms with van der Waals surface area (Å²) in [6.07, 6.45) is 6.65. The summed E-state index contributed by atoms with van der Waals surface area (Å²) in [7, 11) is 0. The Morgan fingerprint density at radius 3 is 2.69 bits per heavy atom. The number of likely N-dealkylation sites (tertiary alicyclic amines) is 1. The average molecular weight is 430 g/mol. The summed E-state index contributed by atoms with van der Waals surface area (Å²) in [5, 5.41) is 7.30. The lowest BCUT2D eigenvalue weighted by Gasteiger charge is -2.31. The molecule has 0 saturated carbocycles. The zero-order chi connectivity index (χ0) is 22.1. The van der Waals surface area contributed by atoms with Crippen molar-refractivity contribution in [2.75, 3.05) is 6.54 Å². The highest BCUT2D eigenvalue weighted by molar-refractivity contribution is 5.81. The number of rotatable bonds is 6. The van der Waals surface area contributed by atoms with E-state index in [1.165, 1.54) is 27.9 Å². The van der Waals surface area contributed by atoms with Crippen LogP contribution < -0.4 is 4.74 Å². The molecule has 5 rings (SSSR count). The molecule has 3 aromatic rings. The molecule has 32 heavy (non-hydrogen) atoms. The highest BCUT2D eigenvalue weighted by Gasteiger charge is 2.37. The van der Waals surface area contributed by atoms with Crippen molar-refractivity contribution in [3.8, 4) is 5.75 Å². The predicted octanol–water partition coefficient (Wildman–Crippen LogP) is 4.55. The molecular weight excluding hydrogens is 398 g/mol. The molecule has 1 aliphatic carbocycles. The van der Waals surface area contributed by atoms with Gasteiger partial charge in [-0.25, -0.2) is 0 Å². The molecule has 5 heteroatoms. The number of nitrogens with zero attached hydrogens (tertiary/aromatic N) is 2. The highest BCUT2D eigenvalue weighted by atomic mass is 16.5. The molecule has 1 unspecified atom stereocenters. The van der Waals surface area contributed by atoms with Crippen LogP contribution in [-0.2, 0) is 30.7 Å². The van der Waals surface area contributed by atoms with Crippen LogP contribution in [0.5, 0.6) is 5.75 Å². The van der Waals surface area contributed by atoms with E-state index in [0.717, 1.165) is 50.0 Å². The topological polar surface area (TPSA) is 58.2 Å². The van der Waals surface area contributed by atoms with Gasteiger partial charge >= 0.3 is 0 Å². The van der Waals surface area contributed by atoms with Crippen LogP contribution in [-0.4, -0.2) is 33.6 Å². The smallest absolute Gasteiger partial charge is 0.226 e. The van der Waals surface area contributed by atoms with E-state index in [0.29, 0.717) is 18.6 Å². The fourth-order valence-corrected chi connectivity index (χ4v) is 5.32. The van der Waals surface area contributed by atoms with E-state index < -0.39 is 0 Å². The molecule has 1 N–H and O–H groups in total. The number of hydrogen-bond donors (Lipinski definition) is 1. The molecule has 2 atom stereocenters. The largest absolute Gasteiger partial charge is 0.489 e. The van der Waals surface area contributed by atoms with E-state index in [4.69, 9.17) is 4.74 Å². The summed E-state index contributed by atoms with van der Waals surface area (Å²) in [5.74, 6) is 1.30. The van der Waals surface area contributed by atoms with Crippen LogP contribution >= 0.6 is 0 Å². The molecule has 0 spiro atoms. The Hall–Kier alpha value is -3.08. The molecule has 2 aliphatic rings. The Morgan fingerprint density at radius 1 is 1.12 bits per heavy atom. The molecule has 2 heterocycles. The van der Waals surface area contributed by atoms with Crippen molar-refractivity contribution in [2.24, 2.45) is 5.92 Å². The van der Waals surface area contributed by atoms with E-state index in [1.54, 1.807) is 0 Å². The highest BCUT2D eigenvalue weighted by Crippen LogP contribution is 2.32. The van der Waals surface area contributed by atoms with Crippen molar-refractivity contribution >= 4 is 5.91 Å². The summed E-state index contributed by atoms with van der Waals surface area (Å²) in [6.45, 7) is 5.71. The quantitative estimate of drug-likeness (QED) is 0.625. The number of ether oxygens (including phenoxy) is 1. The maximum absolute atomic E-state index is 13.3. The van der Waals surface area contributed by atoms with Crippen LogP contribution in [0, 0.1) is 19.8 Å². The van der Waals surface area contributed by atoms with Crippen LogP contribution in [0.1, 0.15) is 46.4 Å². The first-order valence-electron chi connectivity index (χ1n) is 11.7. The van der Waals surface area contributed by atoms with Crippen molar-refractivity contribution in [1.82, 2.24) is 15.1 Å². The standard InChI is InChI=1S/C27H31N3O2/c1-18-12-24(32-17-20-6-4-3-5-7-20)13-19(2)25(18)15-21-10-11-30(27(21)31)23-8-9-26-22(14-23)16-28-29-26/h3-7,12-13,16,21,23H,8-11,14-15,17H2,1-2H3,(H,28,29)/t21-,23?/m0/s1. The molecule has 1 aliphatic heterocycles. The predicted molar refractivity (Wildman–Crippen MR) is 125 cm³/mol. The lowest BCUT2D eigenvalue weighted by molar-refractivity contribution is -0.133. The fraction of sp³-hybridized carbons (Fsp3) is 0.407. The Morgan fingerprint density at radius 2 is 1.91 bits per heavy atom.